The van der Waals surface area contributed by atoms with E-state index in [1.54, 1.807) is 36.6 Å². The average Bonchev–Trinajstić information content (AvgIpc) is 3.33. The molecule has 2 aliphatic rings. The van der Waals surface area contributed by atoms with Gasteiger partial charge in [0.05, 0.1) is 17.4 Å². The molecule has 0 fully saturated rings. The number of benzene rings is 2. The number of Topliss-reactive ketones (excluding diaryl/α,β-unsaturated/α-hetero) is 1. The molecule has 5 rings (SSSR count). The van der Waals surface area contributed by atoms with E-state index in [9.17, 15) is 9.18 Å². The molecular weight excluding hydrogens is 373 g/mol. The minimum atomic E-state index is -0.259. The zero-order chi connectivity index (χ0) is 20.0. The molecule has 146 valence electrons. The van der Waals surface area contributed by atoms with E-state index in [0.29, 0.717) is 36.9 Å². The Morgan fingerprint density at radius 2 is 2.03 bits per heavy atom. The summed E-state index contributed by atoms with van der Waals surface area (Å²) in [5.74, 6) is 1.65. The zero-order valence-electron chi connectivity index (χ0n) is 15.8. The van der Waals surface area contributed by atoms with Crippen molar-refractivity contribution in [3.8, 4) is 11.5 Å². The zero-order valence-corrected chi connectivity index (χ0v) is 15.8. The van der Waals surface area contributed by atoms with Gasteiger partial charge < -0.3 is 13.9 Å². The number of aryl methyl sites for hydroxylation is 1. The van der Waals surface area contributed by atoms with E-state index in [-0.39, 0.29) is 17.4 Å². The summed E-state index contributed by atoms with van der Waals surface area (Å²) in [6, 6.07) is 11.8. The van der Waals surface area contributed by atoms with E-state index in [2.05, 4.69) is 4.90 Å². The highest BCUT2D eigenvalue weighted by Crippen LogP contribution is 2.44. The Hall–Kier alpha value is -3.38. The van der Waals surface area contributed by atoms with Gasteiger partial charge in [0.1, 0.15) is 29.8 Å². The summed E-state index contributed by atoms with van der Waals surface area (Å²) < 4.78 is 30.4. The van der Waals surface area contributed by atoms with Crippen LogP contribution in [0.4, 0.5) is 4.39 Å². The molecule has 1 aromatic heterocycles. The molecule has 0 aliphatic carbocycles. The van der Waals surface area contributed by atoms with Crippen LogP contribution in [0.25, 0.3) is 6.08 Å². The Kier molecular flexibility index (Phi) is 4.21. The van der Waals surface area contributed by atoms with Crippen molar-refractivity contribution in [2.45, 2.75) is 20.0 Å². The first-order valence-electron chi connectivity index (χ1n) is 9.32. The van der Waals surface area contributed by atoms with E-state index in [1.807, 2.05) is 13.0 Å². The van der Waals surface area contributed by atoms with Gasteiger partial charge in [-0.15, -0.1) is 0 Å². The molecule has 5 nitrogen and oxygen atoms in total. The van der Waals surface area contributed by atoms with Crippen molar-refractivity contribution in [2.24, 2.45) is 0 Å². The summed E-state index contributed by atoms with van der Waals surface area (Å²) in [6.45, 7) is 3.46. The van der Waals surface area contributed by atoms with Crippen LogP contribution < -0.4 is 9.47 Å². The van der Waals surface area contributed by atoms with Gasteiger partial charge in [-0.3, -0.25) is 9.69 Å². The Morgan fingerprint density at radius 1 is 1.21 bits per heavy atom. The number of allylic oxidation sites excluding steroid dienone is 1. The van der Waals surface area contributed by atoms with Crippen molar-refractivity contribution in [1.82, 2.24) is 4.90 Å². The van der Waals surface area contributed by atoms with Crippen LogP contribution in [0.1, 0.15) is 32.8 Å². The number of furan rings is 1. The van der Waals surface area contributed by atoms with Crippen LogP contribution in [0.5, 0.6) is 11.5 Å². The number of halogens is 1. The normalized spacial score (nSPS) is 17.0. The molecule has 0 bridgehead atoms. The Morgan fingerprint density at radius 3 is 2.79 bits per heavy atom. The number of ether oxygens (including phenoxy) is 2. The Bertz CT molecular complexity index is 1120. The maximum Gasteiger partial charge on any atom is 0.232 e. The van der Waals surface area contributed by atoms with Crippen LogP contribution in [-0.4, -0.2) is 17.4 Å². The number of carbonyl (C=O) groups is 1. The minimum absolute atomic E-state index is 0.160. The fraction of sp³-hybridized carbons (Fsp3) is 0.174. The molecule has 0 atom stereocenters. The van der Waals surface area contributed by atoms with Crippen LogP contribution >= 0.6 is 0 Å². The van der Waals surface area contributed by atoms with Crippen LogP contribution in [-0.2, 0) is 13.1 Å². The minimum Gasteiger partial charge on any atom is -0.478 e. The first-order valence-corrected chi connectivity index (χ1v) is 9.32. The SMILES string of the molecule is Cc1cc2c(c3c1C(=O)/C(=C/c1ccco1)O3)CN(Cc1ccc(F)cc1)CO2. The van der Waals surface area contributed by atoms with Crippen molar-refractivity contribution in [2.75, 3.05) is 6.73 Å². The number of ketones is 1. The smallest absolute Gasteiger partial charge is 0.232 e. The third kappa shape index (κ3) is 3.21. The average molecular weight is 391 g/mol. The van der Waals surface area contributed by atoms with Crippen molar-refractivity contribution in [3.05, 3.63) is 88.3 Å². The molecule has 2 aromatic carbocycles. The quantitative estimate of drug-likeness (QED) is 0.606. The van der Waals surface area contributed by atoms with E-state index in [1.165, 1.54) is 12.1 Å². The molecule has 0 radical (unpaired) electrons. The highest BCUT2D eigenvalue weighted by atomic mass is 19.1. The van der Waals surface area contributed by atoms with Gasteiger partial charge in [0.2, 0.25) is 5.78 Å². The van der Waals surface area contributed by atoms with Gasteiger partial charge in [-0.25, -0.2) is 4.39 Å². The summed E-state index contributed by atoms with van der Waals surface area (Å²) in [5, 5.41) is 0. The van der Waals surface area contributed by atoms with Crippen LogP contribution in [0, 0.1) is 12.7 Å². The van der Waals surface area contributed by atoms with Gasteiger partial charge in [0, 0.05) is 19.2 Å². The van der Waals surface area contributed by atoms with Gasteiger partial charge in [-0.2, -0.15) is 0 Å². The first kappa shape index (κ1) is 17.7. The highest BCUT2D eigenvalue weighted by Gasteiger charge is 2.35. The summed E-state index contributed by atoms with van der Waals surface area (Å²) in [4.78, 5) is 15.0. The molecule has 6 heteroatoms. The molecule has 29 heavy (non-hydrogen) atoms. The fourth-order valence-corrected chi connectivity index (χ4v) is 3.73. The predicted octanol–water partition coefficient (Wildman–Crippen LogP) is 4.70. The molecule has 0 saturated carbocycles. The molecule has 3 aromatic rings. The van der Waals surface area contributed by atoms with Gasteiger partial charge in [-0.1, -0.05) is 12.1 Å². The molecule has 0 N–H and O–H groups in total. The summed E-state index contributed by atoms with van der Waals surface area (Å²) in [7, 11) is 0. The lowest BCUT2D eigenvalue weighted by molar-refractivity contribution is 0.0872. The molecule has 0 unspecified atom stereocenters. The number of rotatable bonds is 3. The van der Waals surface area contributed by atoms with Gasteiger partial charge in [0.15, 0.2) is 5.76 Å². The number of carbonyl (C=O) groups excluding carboxylic acids is 1. The molecule has 3 heterocycles. The standard InChI is InChI=1S/C23H18FNO4/c1-14-9-19-18(12-25(13-28-19)11-15-4-6-16(24)7-5-15)23-21(14)22(26)20(29-23)10-17-3-2-8-27-17/h2-10H,11-13H2,1H3/b20-10-. The number of fused-ring (bicyclic) bond motifs is 3. The molecule has 0 amide bonds. The van der Waals surface area contributed by atoms with Crippen molar-refractivity contribution < 1.29 is 23.1 Å². The maximum absolute atomic E-state index is 13.2. The second kappa shape index (κ2) is 6.90. The van der Waals surface area contributed by atoms with Gasteiger partial charge in [0.25, 0.3) is 0 Å². The van der Waals surface area contributed by atoms with E-state index >= 15 is 0 Å². The molecule has 0 saturated heterocycles. The molecule has 0 spiro atoms. The van der Waals surface area contributed by atoms with Gasteiger partial charge >= 0.3 is 0 Å². The lowest BCUT2D eigenvalue weighted by Gasteiger charge is -2.30. The van der Waals surface area contributed by atoms with Crippen LogP contribution in [0.3, 0.4) is 0 Å². The monoisotopic (exact) mass is 391 g/mol. The van der Waals surface area contributed by atoms with Crippen LogP contribution in [0.15, 0.2) is 58.9 Å². The Labute approximate surface area is 167 Å². The largest absolute Gasteiger partial charge is 0.478 e. The summed E-state index contributed by atoms with van der Waals surface area (Å²) in [6.07, 6.45) is 3.15. The first-order chi connectivity index (χ1) is 14.1. The van der Waals surface area contributed by atoms with Crippen molar-refractivity contribution in [1.29, 1.82) is 0 Å². The third-order valence-electron chi connectivity index (χ3n) is 5.12. The van der Waals surface area contributed by atoms with Gasteiger partial charge in [-0.05, 0) is 48.4 Å². The van der Waals surface area contributed by atoms with Crippen LogP contribution in [0.2, 0.25) is 0 Å². The summed E-state index contributed by atoms with van der Waals surface area (Å²) >= 11 is 0. The molecular formula is C23H18FNO4. The van der Waals surface area contributed by atoms with Crippen molar-refractivity contribution >= 4 is 11.9 Å². The van der Waals surface area contributed by atoms with E-state index in [4.69, 9.17) is 13.9 Å². The van der Waals surface area contributed by atoms with Crippen molar-refractivity contribution in [3.63, 3.8) is 0 Å². The topological polar surface area (TPSA) is 51.9 Å². The lowest BCUT2D eigenvalue weighted by atomic mass is 9.98. The third-order valence-corrected chi connectivity index (χ3v) is 5.12. The molecule has 2 aliphatic heterocycles. The predicted molar refractivity (Wildman–Crippen MR) is 104 cm³/mol. The lowest BCUT2D eigenvalue weighted by Crippen LogP contribution is -2.31. The number of nitrogens with zero attached hydrogens (tertiary/aromatic N) is 1. The number of hydrogen-bond donors (Lipinski definition) is 0. The van der Waals surface area contributed by atoms with E-state index in [0.717, 1.165) is 22.4 Å². The highest BCUT2D eigenvalue weighted by molar-refractivity contribution is 6.15. The second-order valence-electron chi connectivity index (χ2n) is 7.22. The number of hydrogen-bond acceptors (Lipinski definition) is 5. The fourth-order valence-electron chi connectivity index (χ4n) is 3.73. The van der Waals surface area contributed by atoms with E-state index < -0.39 is 0 Å². The maximum atomic E-state index is 13.2. The summed E-state index contributed by atoms with van der Waals surface area (Å²) in [5.41, 5.74) is 3.21. The second-order valence-corrected chi connectivity index (χ2v) is 7.22. The Balaban J connectivity index is 1.46.